The number of pyridine rings is 1. The maximum atomic E-state index is 10.4. The Hall–Kier alpha value is -1.38. The molecule has 0 amide bonds. The number of anilines is 1. The summed E-state index contributed by atoms with van der Waals surface area (Å²) >= 11 is 0. The van der Waals surface area contributed by atoms with Gasteiger partial charge in [0.05, 0.1) is 11.9 Å². The monoisotopic (exact) mass is 176 g/mol. The fraction of sp³-hybridized carbons (Fsp3) is 0.400. The van der Waals surface area contributed by atoms with E-state index in [4.69, 9.17) is 0 Å². The molecule has 1 unspecified atom stereocenters. The van der Waals surface area contributed by atoms with Crippen molar-refractivity contribution >= 4 is 12.0 Å². The second-order valence-corrected chi connectivity index (χ2v) is 3.39. The van der Waals surface area contributed by atoms with Crippen LogP contribution < -0.4 is 4.90 Å². The van der Waals surface area contributed by atoms with Gasteiger partial charge in [-0.25, -0.2) is 0 Å². The Morgan fingerprint density at radius 3 is 2.85 bits per heavy atom. The van der Waals surface area contributed by atoms with Crippen LogP contribution >= 0.6 is 0 Å². The molecule has 1 aliphatic heterocycles. The summed E-state index contributed by atoms with van der Waals surface area (Å²) in [6.07, 6.45) is 3.78. The first-order valence-electron chi connectivity index (χ1n) is 4.49. The number of aldehydes is 1. The van der Waals surface area contributed by atoms with Crippen molar-refractivity contribution < 1.29 is 4.79 Å². The third-order valence-corrected chi connectivity index (χ3v) is 2.54. The molecule has 1 atom stereocenters. The quantitative estimate of drug-likeness (QED) is 0.640. The molecule has 1 saturated heterocycles. The minimum Gasteiger partial charge on any atom is -0.367 e. The molecule has 0 saturated carbocycles. The molecule has 0 aliphatic carbocycles. The summed E-state index contributed by atoms with van der Waals surface area (Å²) < 4.78 is 0. The van der Waals surface area contributed by atoms with E-state index in [1.807, 2.05) is 6.07 Å². The molecule has 1 aromatic heterocycles. The Bertz CT molecular complexity index is 307. The van der Waals surface area contributed by atoms with E-state index in [0.29, 0.717) is 11.7 Å². The molecule has 1 aromatic rings. The minimum absolute atomic E-state index is 0.497. The third-order valence-electron chi connectivity index (χ3n) is 2.54. The van der Waals surface area contributed by atoms with Crippen LogP contribution in [0.4, 0.5) is 5.69 Å². The molecule has 1 aliphatic rings. The Labute approximate surface area is 77.4 Å². The van der Waals surface area contributed by atoms with Crippen molar-refractivity contribution in [1.82, 2.24) is 4.98 Å². The molecule has 0 bridgehead atoms. The molecule has 0 N–H and O–H groups in total. The van der Waals surface area contributed by atoms with Gasteiger partial charge in [0.15, 0.2) is 6.29 Å². The fourth-order valence-corrected chi connectivity index (χ4v) is 1.54. The van der Waals surface area contributed by atoms with E-state index in [1.54, 1.807) is 12.3 Å². The summed E-state index contributed by atoms with van der Waals surface area (Å²) in [5, 5.41) is 0. The van der Waals surface area contributed by atoms with Crippen molar-refractivity contribution in [3.63, 3.8) is 0 Å². The van der Waals surface area contributed by atoms with Crippen molar-refractivity contribution in [3.05, 3.63) is 24.0 Å². The maximum Gasteiger partial charge on any atom is 0.168 e. The van der Waals surface area contributed by atoms with E-state index in [0.717, 1.165) is 18.5 Å². The van der Waals surface area contributed by atoms with E-state index in [1.165, 1.54) is 6.42 Å². The molecule has 3 heteroatoms. The highest BCUT2D eigenvalue weighted by atomic mass is 16.1. The number of hydrogen-bond acceptors (Lipinski definition) is 3. The molecule has 0 spiro atoms. The summed E-state index contributed by atoms with van der Waals surface area (Å²) in [6, 6.07) is 4.32. The largest absolute Gasteiger partial charge is 0.367 e. The molecule has 0 aromatic carbocycles. The second kappa shape index (κ2) is 3.17. The van der Waals surface area contributed by atoms with Gasteiger partial charge >= 0.3 is 0 Å². The highest BCUT2D eigenvalue weighted by molar-refractivity contribution is 5.72. The lowest BCUT2D eigenvalue weighted by atomic mass is 10.0. The van der Waals surface area contributed by atoms with Crippen LogP contribution in [0, 0.1) is 0 Å². The van der Waals surface area contributed by atoms with Crippen LogP contribution in [-0.2, 0) is 0 Å². The van der Waals surface area contributed by atoms with Crippen LogP contribution in [0.3, 0.4) is 0 Å². The standard InChI is InChI=1S/C10H12N2O/c1-8-4-5-12(8)10-3-2-9(7-13)11-6-10/h2-3,6-8H,4-5H2,1H3. The fourth-order valence-electron chi connectivity index (χ4n) is 1.54. The summed E-state index contributed by atoms with van der Waals surface area (Å²) in [6.45, 7) is 3.29. The van der Waals surface area contributed by atoms with Crippen LogP contribution in [0.25, 0.3) is 0 Å². The van der Waals surface area contributed by atoms with Crippen LogP contribution in [0.1, 0.15) is 23.8 Å². The summed E-state index contributed by atoms with van der Waals surface area (Å²) in [4.78, 5) is 16.7. The molecular formula is C10H12N2O. The predicted molar refractivity (Wildman–Crippen MR) is 51.0 cm³/mol. The van der Waals surface area contributed by atoms with Gasteiger partial charge < -0.3 is 4.90 Å². The molecule has 2 rings (SSSR count). The molecule has 13 heavy (non-hydrogen) atoms. The first-order chi connectivity index (χ1) is 6.31. The highest BCUT2D eigenvalue weighted by Crippen LogP contribution is 2.24. The minimum atomic E-state index is 0.497. The van der Waals surface area contributed by atoms with E-state index in [2.05, 4.69) is 16.8 Å². The maximum absolute atomic E-state index is 10.4. The third kappa shape index (κ3) is 1.41. The molecule has 68 valence electrons. The average Bonchev–Trinajstić information content (AvgIpc) is 2.17. The van der Waals surface area contributed by atoms with Gasteiger partial charge in [-0.3, -0.25) is 9.78 Å². The number of carbonyl (C=O) groups is 1. The normalized spacial score (nSPS) is 21.0. The van der Waals surface area contributed by atoms with E-state index >= 15 is 0 Å². The topological polar surface area (TPSA) is 33.2 Å². The second-order valence-electron chi connectivity index (χ2n) is 3.39. The summed E-state index contributed by atoms with van der Waals surface area (Å²) in [7, 11) is 0. The molecule has 0 radical (unpaired) electrons. The van der Waals surface area contributed by atoms with Crippen molar-refractivity contribution in [2.75, 3.05) is 11.4 Å². The smallest absolute Gasteiger partial charge is 0.168 e. The van der Waals surface area contributed by atoms with Gasteiger partial charge in [-0.2, -0.15) is 0 Å². The predicted octanol–water partition coefficient (Wildman–Crippen LogP) is 1.49. The Balaban J connectivity index is 2.17. The first kappa shape index (κ1) is 8.23. The molecular weight excluding hydrogens is 164 g/mol. The average molecular weight is 176 g/mol. The van der Waals surface area contributed by atoms with Crippen molar-refractivity contribution in [2.24, 2.45) is 0 Å². The first-order valence-corrected chi connectivity index (χ1v) is 4.49. The Morgan fingerprint density at radius 1 is 1.62 bits per heavy atom. The van der Waals surface area contributed by atoms with Gasteiger partial charge in [0.25, 0.3) is 0 Å². The molecule has 3 nitrogen and oxygen atoms in total. The van der Waals surface area contributed by atoms with Gasteiger partial charge in [0.2, 0.25) is 0 Å². The van der Waals surface area contributed by atoms with Gasteiger partial charge in [0.1, 0.15) is 5.69 Å². The van der Waals surface area contributed by atoms with Crippen molar-refractivity contribution in [3.8, 4) is 0 Å². The van der Waals surface area contributed by atoms with E-state index in [9.17, 15) is 4.79 Å². The van der Waals surface area contributed by atoms with Crippen LogP contribution in [0.15, 0.2) is 18.3 Å². The molecule has 1 fully saturated rings. The zero-order chi connectivity index (χ0) is 9.26. The highest BCUT2D eigenvalue weighted by Gasteiger charge is 2.23. The van der Waals surface area contributed by atoms with E-state index in [-0.39, 0.29) is 0 Å². The zero-order valence-corrected chi connectivity index (χ0v) is 7.60. The van der Waals surface area contributed by atoms with Gasteiger partial charge in [0, 0.05) is 12.6 Å². The van der Waals surface area contributed by atoms with Gasteiger partial charge in [-0.05, 0) is 25.5 Å². The van der Waals surface area contributed by atoms with Gasteiger partial charge in [-0.15, -0.1) is 0 Å². The van der Waals surface area contributed by atoms with Crippen LogP contribution in [0.5, 0.6) is 0 Å². The number of aromatic nitrogens is 1. The SMILES string of the molecule is CC1CCN1c1ccc(C=O)nc1. The lowest BCUT2D eigenvalue weighted by molar-refractivity contribution is 0.111. The Morgan fingerprint density at radius 2 is 2.46 bits per heavy atom. The summed E-state index contributed by atoms with van der Waals surface area (Å²) in [5.74, 6) is 0. The van der Waals surface area contributed by atoms with Crippen molar-refractivity contribution in [1.29, 1.82) is 0 Å². The summed E-state index contributed by atoms with van der Waals surface area (Å²) in [5.41, 5.74) is 1.61. The van der Waals surface area contributed by atoms with Crippen LogP contribution in [-0.4, -0.2) is 23.9 Å². The number of hydrogen-bond donors (Lipinski definition) is 0. The van der Waals surface area contributed by atoms with Gasteiger partial charge in [-0.1, -0.05) is 0 Å². The number of nitrogens with zero attached hydrogens (tertiary/aromatic N) is 2. The van der Waals surface area contributed by atoms with E-state index < -0.39 is 0 Å². The lowest BCUT2D eigenvalue weighted by Gasteiger charge is -2.40. The molecule has 2 heterocycles. The van der Waals surface area contributed by atoms with Crippen LogP contribution in [0.2, 0.25) is 0 Å². The number of rotatable bonds is 2. The zero-order valence-electron chi connectivity index (χ0n) is 7.60. The Kier molecular flexibility index (Phi) is 2.00. The van der Waals surface area contributed by atoms with Crippen molar-refractivity contribution in [2.45, 2.75) is 19.4 Å². The number of carbonyl (C=O) groups excluding carboxylic acids is 1. The lowest BCUT2D eigenvalue weighted by Crippen LogP contribution is -2.45.